The molecule has 16 heavy (non-hydrogen) atoms. The summed E-state index contributed by atoms with van der Waals surface area (Å²) < 4.78 is 0. The van der Waals surface area contributed by atoms with E-state index < -0.39 is 8.07 Å². The molecule has 2 aromatic carbocycles. The largest absolute Gasteiger partial charge is 0.115 e. The molecule has 0 N–H and O–H groups in total. The molecule has 0 unspecified atom stereocenters. The lowest BCUT2D eigenvalue weighted by Crippen LogP contribution is -2.56. The summed E-state index contributed by atoms with van der Waals surface area (Å²) in [4.78, 5) is 2.91. The highest BCUT2D eigenvalue weighted by molar-refractivity contribution is 8.00. The Morgan fingerprint density at radius 1 is 0.750 bits per heavy atom. The third kappa shape index (κ3) is 1.37. The van der Waals surface area contributed by atoms with Crippen molar-refractivity contribution in [1.29, 1.82) is 0 Å². The molecule has 1 heterocycles. The topological polar surface area (TPSA) is 0 Å². The van der Waals surface area contributed by atoms with E-state index in [1.165, 1.54) is 9.79 Å². The van der Waals surface area contributed by atoms with E-state index in [9.17, 15) is 0 Å². The third-order valence-electron chi connectivity index (χ3n) is 3.34. The van der Waals surface area contributed by atoms with E-state index in [0.717, 1.165) is 0 Å². The average Bonchev–Trinajstić information content (AvgIpc) is 2.29. The van der Waals surface area contributed by atoms with Crippen LogP contribution in [0.4, 0.5) is 0 Å². The first-order chi connectivity index (χ1) is 7.69. The first-order valence-corrected chi connectivity index (χ1v) is 9.38. The van der Waals surface area contributed by atoms with Gasteiger partial charge < -0.3 is 0 Å². The molecule has 3 rings (SSSR count). The van der Waals surface area contributed by atoms with Crippen LogP contribution < -0.4 is 10.4 Å². The van der Waals surface area contributed by atoms with Crippen molar-refractivity contribution >= 4 is 30.2 Å². The number of hydrogen-bond acceptors (Lipinski definition) is 1. The van der Waals surface area contributed by atoms with Gasteiger partial charge in [-0.1, -0.05) is 61.3 Å². The maximum absolute atomic E-state index is 2.45. The Kier molecular flexibility index (Phi) is 2.23. The van der Waals surface area contributed by atoms with Gasteiger partial charge in [0.05, 0.1) is 0 Å². The van der Waals surface area contributed by atoms with Crippen molar-refractivity contribution < 1.29 is 0 Å². The molecule has 1 aliphatic heterocycles. The van der Waals surface area contributed by atoms with Crippen LogP contribution in [0, 0.1) is 0 Å². The minimum absolute atomic E-state index is 1.45. The van der Waals surface area contributed by atoms with Crippen LogP contribution in [0.1, 0.15) is 0 Å². The fourth-order valence-corrected chi connectivity index (χ4v) is 7.85. The predicted molar refractivity (Wildman–Crippen MR) is 73.8 cm³/mol. The van der Waals surface area contributed by atoms with E-state index in [4.69, 9.17) is 0 Å². The summed E-state index contributed by atoms with van der Waals surface area (Å²) in [7, 11) is -1.45. The summed E-state index contributed by atoms with van der Waals surface area (Å²) in [5.41, 5.74) is 0. The van der Waals surface area contributed by atoms with Gasteiger partial charge in [-0.15, -0.1) is 0 Å². The van der Waals surface area contributed by atoms with Crippen LogP contribution in [-0.4, -0.2) is 8.07 Å². The molecule has 0 aliphatic carbocycles. The second kappa shape index (κ2) is 3.50. The van der Waals surface area contributed by atoms with E-state index >= 15 is 0 Å². The van der Waals surface area contributed by atoms with Gasteiger partial charge in [0.15, 0.2) is 0 Å². The molecule has 0 fully saturated rings. The highest BCUT2D eigenvalue weighted by atomic mass is 32.2. The van der Waals surface area contributed by atoms with Crippen LogP contribution in [0.15, 0.2) is 58.3 Å². The molecule has 0 atom stereocenters. The highest BCUT2D eigenvalue weighted by Gasteiger charge is 2.34. The summed E-state index contributed by atoms with van der Waals surface area (Å²) in [6.45, 7) is 4.90. The van der Waals surface area contributed by atoms with Gasteiger partial charge in [0, 0.05) is 9.79 Å². The minimum atomic E-state index is -1.45. The zero-order valence-corrected chi connectivity index (χ0v) is 11.3. The van der Waals surface area contributed by atoms with Gasteiger partial charge in [0.25, 0.3) is 0 Å². The Balaban J connectivity index is 2.28. The predicted octanol–water partition coefficient (Wildman–Crippen LogP) is 2.97. The quantitative estimate of drug-likeness (QED) is 0.640. The molecule has 0 bridgehead atoms. The Morgan fingerprint density at radius 2 is 1.19 bits per heavy atom. The molecule has 2 heteroatoms. The number of fused-ring (bicyclic) bond motifs is 2. The number of rotatable bonds is 0. The van der Waals surface area contributed by atoms with Crippen LogP contribution in [0.25, 0.3) is 0 Å². The van der Waals surface area contributed by atoms with E-state index in [-0.39, 0.29) is 0 Å². The molecule has 0 aromatic heterocycles. The smallest absolute Gasteiger partial charge is 0.0903 e. The van der Waals surface area contributed by atoms with Crippen molar-refractivity contribution in [2.45, 2.75) is 22.9 Å². The van der Waals surface area contributed by atoms with Gasteiger partial charge in [-0.2, -0.15) is 0 Å². The Labute approximate surface area is 102 Å². The standard InChI is InChI=1S/C14H14SSi/c1-16(2)13-9-5-3-7-11(13)15-12-8-4-6-10-14(12)16/h3-10H,1-2H3. The third-order valence-corrected chi connectivity index (χ3v) is 8.42. The van der Waals surface area contributed by atoms with Crippen LogP contribution in [0.2, 0.25) is 13.1 Å². The van der Waals surface area contributed by atoms with Crippen molar-refractivity contribution in [3.63, 3.8) is 0 Å². The van der Waals surface area contributed by atoms with Gasteiger partial charge in [0.1, 0.15) is 8.07 Å². The molecule has 80 valence electrons. The van der Waals surface area contributed by atoms with Crippen molar-refractivity contribution in [2.24, 2.45) is 0 Å². The lowest BCUT2D eigenvalue weighted by Gasteiger charge is -2.32. The molecule has 0 spiro atoms. The summed E-state index contributed by atoms with van der Waals surface area (Å²) in [5.74, 6) is 0. The zero-order chi connectivity index (χ0) is 11.2. The first-order valence-electron chi connectivity index (χ1n) is 5.56. The minimum Gasteiger partial charge on any atom is -0.0903 e. The van der Waals surface area contributed by atoms with Gasteiger partial charge in [-0.05, 0) is 22.5 Å². The molecule has 2 aromatic rings. The van der Waals surface area contributed by atoms with E-state index in [1.807, 2.05) is 11.8 Å². The summed E-state index contributed by atoms with van der Waals surface area (Å²) in [6, 6.07) is 17.8. The molecule has 0 amide bonds. The Morgan fingerprint density at radius 3 is 1.69 bits per heavy atom. The maximum Gasteiger partial charge on any atom is 0.115 e. The Hall–Kier alpha value is -0.993. The number of hydrogen-bond donors (Lipinski definition) is 0. The van der Waals surface area contributed by atoms with E-state index in [0.29, 0.717) is 0 Å². The molecule has 0 nitrogen and oxygen atoms in total. The second-order valence-corrected chi connectivity index (χ2v) is 10.1. The molecule has 1 aliphatic rings. The summed E-state index contributed by atoms with van der Waals surface area (Å²) in [5, 5.41) is 3.16. The van der Waals surface area contributed by atoms with Crippen LogP contribution in [-0.2, 0) is 0 Å². The maximum atomic E-state index is 2.45. The lowest BCUT2D eigenvalue weighted by atomic mass is 10.3. The van der Waals surface area contributed by atoms with E-state index in [2.05, 4.69) is 61.6 Å². The zero-order valence-electron chi connectivity index (χ0n) is 9.53. The van der Waals surface area contributed by atoms with Crippen molar-refractivity contribution in [2.75, 3.05) is 0 Å². The highest BCUT2D eigenvalue weighted by Crippen LogP contribution is 2.32. The van der Waals surface area contributed by atoms with Crippen molar-refractivity contribution in [3.05, 3.63) is 48.5 Å². The van der Waals surface area contributed by atoms with Gasteiger partial charge in [-0.3, -0.25) is 0 Å². The Bertz CT molecular complexity index is 498. The van der Waals surface area contributed by atoms with Gasteiger partial charge >= 0.3 is 0 Å². The SMILES string of the molecule is C[Si]1(C)c2ccccc2Sc2ccccc21. The molecular weight excluding hydrogens is 228 g/mol. The monoisotopic (exact) mass is 242 g/mol. The molecular formula is C14H14SSi. The summed E-state index contributed by atoms with van der Waals surface area (Å²) >= 11 is 1.92. The average molecular weight is 242 g/mol. The first kappa shape index (κ1) is 10.2. The number of benzene rings is 2. The van der Waals surface area contributed by atoms with Gasteiger partial charge in [0.2, 0.25) is 0 Å². The van der Waals surface area contributed by atoms with Crippen LogP contribution in [0.5, 0.6) is 0 Å². The van der Waals surface area contributed by atoms with E-state index in [1.54, 1.807) is 10.4 Å². The second-order valence-electron chi connectivity index (χ2n) is 4.72. The van der Waals surface area contributed by atoms with Crippen molar-refractivity contribution in [3.8, 4) is 0 Å². The fraction of sp³-hybridized carbons (Fsp3) is 0.143. The molecule has 0 saturated carbocycles. The fourth-order valence-electron chi connectivity index (χ4n) is 2.41. The molecule has 0 saturated heterocycles. The van der Waals surface area contributed by atoms with Gasteiger partial charge in [-0.25, -0.2) is 0 Å². The lowest BCUT2D eigenvalue weighted by molar-refractivity contribution is 1.40. The summed E-state index contributed by atoms with van der Waals surface area (Å²) in [6.07, 6.45) is 0. The normalized spacial score (nSPS) is 16.4. The van der Waals surface area contributed by atoms with Crippen LogP contribution in [0.3, 0.4) is 0 Å². The van der Waals surface area contributed by atoms with Crippen molar-refractivity contribution in [1.82, 2.24) is 0 Å². The molecule has 0 radical (unpaired) electrons. The van der Waals surface area contributed by atoms with Crippen LogP contribution >= 0.6 is 11.8 Å².